The van der Waals surface area contributed by atoms with Gasteiger partial charge in [-0.15, -0.1) is 0 Å². The average Bonchev–Trinajstić information content (AvgIpc) is 2.51. The highest BCUT2D eigenvalue weighted by Crippen LogP contribution is 2.47. The van der Waals surface area contributed by atoms with Crippen molar-refractivity contribution in [3.8, 4) is 0 Å². The predicted molar refractivity (Wildman–Crippen MR) is 90.6 cm³/mol. The second kappa shape index (κ2) is 6.96. The molecule has 2 aliphatic carbocycles. The van der Waals surface area contributed by atoms with Crippen LogP contribution >= 0.6 is 0 Å². The third kappa shape index (κ3) is 3.04. The Kier molecular flexibility index (Phi) is 5.00. The molecular weight excluding hydrogens is 254 g/mol. The van der Waals surface area contributed by atoms with Gasteiger partial charge < -0.3 is 5.32 Å². The first kappa shape index (κ1) is 15.1. The Morgan fingerprint density at radius 3 is 2.33 bits per heavy atom. The highest BCUT2D eigenvalue weighted by atomic mass is 14.9. The van der Waals surface area contributed by atoms with Crippen molar-refractivity contribution in [2.24, 2.45) is 5.92 Å². The second-order valence-corrected chi connectivity index (χ2v) is 7.21. The van der Waals surface area contributed by atoms with Crippen molar-refractivity contribution in [1.82, 2.24) is 5.32 Å². The molecular formula is C20H31N. The summed E-state index contributed by atoms with van der Waals surface area (Å²) >= 11 is 0. The van der Waals surface area contributed by atoms with E-state index in [9.17, 15) is 0 Å². The first-order valence-corrected chi connectivity index (χ1v) is 9.16. The molecule has 0 radical (unpaired) electrons. The SMILES string of the molecule is CCCNC(C1CCC1)C1(c2ccccc2)CCCCC1. The number of hydrogen-bond donors (Lipinski definition) is 1. The number of hydrogen-bond acceptors (Lipinski definition) is 1. The molecule has 21 heavy (non-hydrogen) atoms. The minimum absolute atomic E-state index is 0.403. The summed E-state index contributed by atoms with van der Waals surface area (Å²) in [4.78, 5) is 0. The van der Waals surface area contributed by atoms with Crippen molar-refractivity contribution in [3.63, 3.8) is 0 Å². The highest BCUT2D eigenvalue weighted by Gasteiger charge is 2.45. The fourth-order valence-corrected chi connectivity index (χ4v) is 4.62. The van der Waals surface area contributed by atoms with E-state index in [1.807, 2.05) is 0 Å². The molecule has 1 atom stereocenters. The molecule has 1 aromatic rings. The minimum Gasteiger partial charge on any atom is -0.313 e. The van der Waals surface area contributed by atoms with Crippen LogP contribution in [-0.4, -0.2) is 12.6 Å². The van der Waals surface area contributed by atoms with Crippen LogP contribution in [0.25, 0.3) is 0 Å². The van der Waals surface area contributed by atoms with Gasteiger partial charge in [0.15, 0.2) is 0 Å². The number of nitrogens with one attached hydrogen (secondary N) is 1. The zero-order valence-corrected chi connectivity index (χ0v) is 13.6. The third-order valence-corrected chi connectivity index (χ3v) is 5.93. The van der Waals surface area contributed by atoms with Gasteiger partial charge in [-0.05, 0) is 50.1 Å². The van der Waals surface area contributed by atoms with Crippen molar-refractivity contribution in [2.75, 3.05) is 6.54 Å². The molecule has 0 saturated heterocycles. The zero-order valence-electron chi connectivity index (χ0n) is 13.6. The van der Waals surface area contributed by atoms with Crippen LogP contribution in [0.3, 0.4) is 0 Å². The van der Waals surface area contributed by atoms with Crippen LogP contribution in [0.15, 0.2) is 30.3 Å². The topological polar surface area (TPSA) is 12.0 Å². The summed E-state index contributed by atoms with van der Waals surface area (Å²) in [5.74, 6) is 0.912. The van der Waals surface area contributed by atoms with Gasteiger partial charge in [0.25, 0.3) is 0 Å². The molecule has 2 aliphatic rings. The number of rotatable bonds is 6. The molecule has 1 aromatic carbocycles. The molecule has 0 spiro atoms. The summed E-state index contributed by atoms with van der Waals surface area (Å²) in [5, 5.41) is 3.98. The molecule has 116 valence electrons. The standard InChI is InChI=1S/C20H31N/c1-2-16-21-19(17-10-9-11-17)20(14-7-4-8-15-20)18-12-5-3-6-13-18/h3,5-6,12-13,17,19,21H,2,4,7-11,14-16H2,1H3. The maximum Gasteiger partial charge on any atom is 0.0192 e. The Bertz CT molecular complexity index is 415. The molecule has 0 aliphatic heterocycles. The van der Waals surface area contributed by atoms with E-state index in [-0.39, 0.29) is 0 Å². The zero-order chi connectivity index (χ0) is 14.5. The van der Waals surface area contributed by atoms with Crippen molar-refractivity contribution < 1.29 is 0 Å². The lowest BCUT2D eigenvalue weighted by Crippen LogP contribution is -2.55. The lowest BCUT2D eigenvalue weighted by Gasteiger charge is -2.50. The van der Waals surface area contributed by atoms with Crippen molar-refractivity contribution >= 4 is 0 Å². The van der Waals surface area contributed by atoms with Gasteiger partial charge in [-0.3, -0.25) is 0 Å². The van der Waals surface area contributed by atoms with E-state index >= 15 is 0 Å². The molecule has 1 N–H and O–H groups in total. The Morgan fingerprint density at radius 2 is 1.76 bits per heavy atom. The first-order chi connectivity index (χ1) is 10.4. The van der Waals surface area contributed by atoms with E-state index in [0.29, 0.717) is 11.5 Å². The van der Waals surface area contributed by atoms with Gasteiger partial charge in [0.05, 0.1) is 0 Å². The Labute approximate surface area is 130 Å². The molecule has 1 nitrogen and oxygen atoms in total. The fraction of sp³-hybridized carbons (Fsp3) is 0.700. The van der Waals surface area contributed by atoms with E-state index < -0.39 is 0 Å². The summed E-state index contributed by atoms with van der Waals surface area (Å²) in [6.45, 7) is 3.47. The summed E-state index contributed by atoms with van der Waals surface area (Å²) in [7, 11) is 0. The van der Waals surface area contributed by atoms with Gasteiger partial charge >= 0.3 is 0 Å². The van der Waals surface area contributed by atoms with Gasteiger partial charge in [0.2, 0.25) is 0 Å². The van der Waals surface area contributed by atoms with Crippen LogP contribution in [0.5, 0.6) is 0 Å². The van der Waals surface area contributed by atoms with Gasteiger partial charge in [-0.1, -0.05) is 62.9 Å². The quantitative estimate of drug-likeness (QED) is 0.770. The first-order valence-electron chi connectivity index (χ1n) is 9.16. The molecule has 0 heterocycles. The summed E-state index contributed by atoms with van der Waals surface area (Å²) in [6, 6.07) is 12.1. The van der Waals surface area contributed by atoms with Crippen LogP contribution in [-0.2, 0) is 5.41 Å². The van der Waals surface area contributed by atoms with Crippen LogP contribution in [0.1, 0.15) is 70.3 Å². The largest absolute Gasteiger partial charge is 0.313 e. The van der Waals surface area contributed by atoms with Gasteiger partial charge in [0, 0.05) is 11.5 Å². The molecule has 0 bridgehead atoms. The lowest BCUT2D eigenvalue weighted by atomic mass is 9.59. The van der Waals surface area contributed by atoms with Crippen molar-refractivity contribution in [3.05, 3.63) is 35.9 Å². The Balaban J connectivity index is 1.91. The van der Waals surface area contributed by atoms with E-state index in [1.54, 1.807) is 5.56 Å². The summed E-state index contributed by atoms with van der Waals surface area (Å²) < 4.78 is 0. The van der Waals surface area contributed by atoms with E-state index in [0.717, 1.165) is 5.92 Å². The molecule has 0 aromatic heterocycles. The summed E-state index contributed by atoms with van der Waals surface area (Å²) in [5.41, 5.74) is 2.00. The monoisotopic (exact) mass is 285 g/mol. The third-order valence-electron chi connectivity index (χ3n) is 5.93. The van der Waals surface area contributed by atoms with E-state index in [1.165, 1.54) is 64.3 Å². The maximum atomic E-state index is 3.98. The van der Waals surface area contributed by atoms with E-state index in [2.05, 4.69) is 42.6 Å². The highest BCUT2D eigenvalue weighted by molar-refractivity contribution is 5.29. The maximum absolute atomic E-state index is 3.98. The lowest BCUT2D eigenvalue weighted by molar-refractivity contribution is 0.114. The molecule has 1 unspecified atom stereocenters. The Hall–Kier alpha value is -0.820. The molecule has 1 heteroatoms. The predicted octanol–water partition coefficient (Wildman–Crippen LogP) is 5.06. The average molecular weight is 285 g/mol. The van der Waals surface area contributed by atoms with Crippen LogP contribution < -0.4 is 5.32 Å². The second-order valence-electron chi connectivity index (χ2n) is 7.21. The van der Waals surface area contributed by atoms with Gasteiger partial charge in [-0.25, -0.2) is 0 Å². The molecule has 2 saturated carbocycles. The van der Waals surface area contributed by atoms with E-state index in [4.69, 9.17) is 0 Å². The Morgan fingerprint density at radius 1 is 1.05 bits per heavy atom. The molecule has 0 amide bonds. The summed E-state index contributed by atoms with van der Waals surface area (Å²) in [6.07, 6.45) is 12.6. The minimum atomic E-state index is 0.403. The van der Waals surface area contributed by atoms with Gasteiger partial charge in [0.1, 0.15) is 0 Å². The molecule has 2 fully saturated rings. The van der Waals surface area contributed by atoms with Crippen LogP contribution in [0, 0.1) is 5.92 Å². The smallest absolute Gasteiger partial charge is 0.0192 e. The number of benzene rings is 1. The molecule has 3 rings (SSSR count). The fourth-order valence-electron chi connectivity index (χ4n) is 4.62. The van der Waals surface area contributed by atoms with Crippen LogP contribution in [0.2, 0.25) is 0 Å². The normalized spacial score (nSPS) is 23.5. The van der Waals surface area contributed by atoms with Crippen LogP contribution in [0.4, 0.5) is 0 Å². The van der Waals surface area contributed by atoms with Crippen molar-refractivity contribution in [2.45, 2.75) is 76.2 Å². The van der Waals surface area contributed by atoms with Crippen molar-refractivity contribution in [1.29, 1.82) is 0 Å². The van der Waals surface area contributed by atoms with Gasteiger partial charge in [-0.2, -0.15) is 0 Å².